The van der Waals surface area contributed by atoms with E-state index in [-0.39, 0.29) is 5.91 Å². The van der Waals surface area contributed by atoms with Crippen molar-refractivity contribution in [3.8, 4) is 0 Å². The summed E-state index contributed by atoms with van der Waals surface area (Å²) in [6.07, 6.45) is 3.42. The van der Waals surface area contributed by atoms with Crippen LogP contribution in [0.5, 0.6) is 0 Å². The molecule has 2 N–H and O–H groups in total. The Balaban J connectivity index is 2.16. The van der Waals surface area contributed by atoms with E-state index in [0.717, 1.165) is 38.5 Å². The third kappa shape index (κ3) is 5.83. The molecule has 1 heterocycles. The molecule has 1 unspecified atom stereocenters. The minimum absolute atomic E-state index is 0.175. The Morgan fingerprint density at radius 3 is 2.56 bits per heavy atom. The molecule has 1 fully saturated rings. The normalized spacial score (nSPS) is 19.7. The first-order valence-electron chi connectivity index (χ1n) is 7.38. The lowest BCUT2D eigenvalue weighted by atomic mass is 9.97. The van der Waals surface area contributed by atoms with Gasteiger partial charge in [0.1, 0.15) is 0 Å². The largest absolute Gasteiger partial charge is 0.353 e. The summed E-state index contributed by atoms with van der Waals surface area (Å²) >= 11 is 0. The van der Waals surface area contributed by atoms with E-state index in [0.29, 0.717) is 12.6 Å². The highest BCUT2D eigenvalue weighted by Crippen LogP contribution is 2.15. The summed E-state index contributed by atoms with van der Waals surface area (Å²) in [4.78, 5) is 14.0. The van der Waals surface area contributed by atoms with Gasteiger partial charge >= 0.3 is 0 Å². The second-order valence-electron chi connectivity index (χ2n) is 5.40. The van der Waals surface area contributed by atoms with Crippen LogP contribution in [0.25, 0.3) is 0 Å². The van der Waals surface area contributed by atoms with Gasteiger partial charge in [-0.05, 0) is 58.3 Å². The maximum absolute atomic E-state index is 11.8. The van der Waals surface area contributed by atoms with Crippen molar-refractivity contribution >= 4 is 5.91 Å². The van der Waals surface area contributed by atoms with Crippen LogP contribution in [0.15, 0.2) is 0 Å². The molecular formula is C14H29N3O. The van der Waals surface area contributed by atoms with Crippen LogP contribution in [-0.4, -0.2) is 49.6 Å². The highest BCUT2D eigenvalue weighted by molar-refractivity contribution is 5.78. The van der Waals surface area contributed by atoms with E-state index in [1.165, 1.54) is 12.8 Å². The molecule has 18 heavy (non-hydrogen) atoms. The molecule has 0 saturated carbocycles. The summed E-state index contributed by atoms with van der Waals surface area (Å²) in [5.74, 6) is 0.966. The molecule has 0 aliphatic carbocycles. The molecule has 1 atom stereocenters. The summed E-state index contributed by atoms with van der Waals surface area (Å²) in [6, 6.07) is 0.295. The zero-order valence-corrected chi connectivity index (χ0v) is 12.2. The second kappa shape index (κ2) is 8.48. The maximum Gasteiger partial charge on any atom is 0.234 e. The van der Waals surface area contributed by atoms with Crippen molar-refractivity contribution in [2.45, 2.75) is 46.1 Å². The smallest absolute Gasteiger partial charge is 0.234 e. The van der Waals surface area contributed by atoms with Gasteiger partial charge in [-0.2, -0.15) is 0 Å². The summed E-state index contributed by atoms with van der Waals surface area (Å²) < 4.78 is 0. The van der Waals surface area contributed by atoms with E-state index in [9.17, 15) is 4.79 Å². The van der Waals surface area contributed by atoms with Crippen LogP contribution in [0.2, 0.25) is 0 Å². The number of carbonyl (C=O) groups excluding carboxylic acids is 1. The second-order valence-corrected chi connectivity index (χ2v) is 5.40. The maximum atomic E-state index is 11.8. The Kier molecular flexibility index (Phi) is 7.28. The van der Waals surface area contributed by atoms with Crippen molar-refractivity contribution in [3.05, 3.63) is 0 Å². The quantitative estimate of drug-likeness (QED) is 0.719. The fourth-order valence-corrected chi connectivity index (χ4v) is 2.32. The van der Waals surface area contributed by atoms with Gasteiger partial charge in [-0.1, -0.05) is 13.8 Å². The van der Waals surface area contributed by atoms with Crippen molar-refractivity contribution in [2.75, 3.05) is 32.7 Å². The van der Waals surface area contributed by atoms with Gasteiger partial charge in [-0.15, -0.1) is 0 Å². The van der Waals surface area contributed by atoms with Crippen LogP contribution >= 0.6 is 0 Å². The number of hydrogen-bond acceptors (Lipinski definition) is 3. The zero-order valence-electron chi connectivity index (χ0n) is 12.2. The topological polar surface area (TPSA) is 44.4 Å². The standard InChI is InChI=1S/C14H29N3O/c1-4-12(3)16-14(18)11-17-8-6-13(7-9-17)10-15-5-2/h12-13,15H,4-11H2,1-3H3,(H,16,18). The Labute approximate surface area is 111 Å². The Morgan fingerprint density at radius 1 is 1.33 bits per heavy atom. The Hall–Kier alpha value is -0.610. The van der Waals surface area contributed by atoms with Gasteiger partial charge in [0, 0.05) is 6.04 Å². The van der Waals surface area contributed by atoms with Gasteiger partial charge in [0.05, 0.1) is 6.54 Å². The number of hydrogen-bond donors (Lipinski definition) is 2. The Morgan fingerprint density at radius 2 is 2.00 bits per heavy atom. The van der Waals surface area contributed by atoms with E-state index < -0.39 is 0 Å². The highest BCUT2D eigenvalue weighted by Gasteiger charge is 2.20. The SMILES string of the molecule is CCNCC1CCN(CC(=O)NC(C)CC)CC1. The van der Waals surface area contributed by atoms with Gasteiger partial charge in [0.15, 0.2) is 0 Å². The first-order chi connectivity index (χ1) is 8.65. The Bertz CT molecular complexity index is 237. The number of carbonyl (C=O) groups is 1. The number of likely N-dealkylation sites (tertiary alicyclic amines) is 1. The van der Waals surface area contributed by atoms with Crippen molar-refractivity contribution in [1.82, 2.24) is 15.5 Å². The third-order valence-electron chi connectivity index (χ3n) is 3.78. The van der Waals surface area contributed by atoms with Crippen LogP contribution in [0.4, 0.5) is 0 Å². The lowest BCUT2D eigenvalue weighted by Gasteiger charge is -2.31. The van der Waals surface area contributed by atoms with Gasteiger partial charge < -0.3 is 10.6 Å². The zero-order chi connectivity index (χ0) is 13.4. The van der Waals surface area contributed by atoms with Gasteiger partial charge in [-0.25, -0.2) is 0 Å². The predicted molar refractivity (Wildman–Crippen MR) is 75.6 cm³/mol. The third-order valence-corrected chi connectivity index (χ3v) is 3.78. The predicted octanol–water partition coefficient (Wildman–Crippen LogP) is 1.22. The molecule has 0 aromatic rings. The van der Waals surface area contributed by atoms with E-state index in [1.54, 1.807) is 0 Å². The van der Waals surface area contributed by atoms with Crippen LogP contribution < -0.4 is 10.6 Å². The summed E-state index contributed by atoms with van der Waals surface area (Å²) in [5.41, 5.74) is 0. The number of nitrogens with zero attached hydrogens (tertiary/aromatic N) is 1. The highest BCUT2D eigenvalue weighted by atomic mass is 16.2. The first kappa shape index (κ1) is 15.4. The number of piperidine rings is 1. The molecule has 0 radical (unpaired) electrons. The minimum Gasteiger partial charge on any atom is -0.353 e. The lowest BCUT2D eigenvalue weighted by Crippen LogP contribution is -2.44. The van der Waals surface area contributed by atoms with Crippen LogP contribution in [0.3, 0.4) is 0 Å². The van der Waals surface area contributed by atoms with Gasteiger partial charge in [0.2, 0.25) is 5.91 Å². The van der Waals surface area contributed by atoms with Crippen molar-refractivity contribution in [3.63, 3.8) is 0 Å². The lowest BCUT2D eigenvalue weighted by molar-refractivity contribution is -0.123. The van der Waals surface area contributed by atoms with E-state index in [4.69, 9.17) is 0 Å². The molecule has 0 bridgehead atoms. The molecule has 1 rings (SSSR count). The number of nitrogens with one attached hydrogen (secondary N) is 2. The molecule has 0 aromatic carbocycles. The number of amides is 1. The average Bonchev–Trinajstić information content (AvgIpc) is 2.37. The minimum atomic E-state index is 0.175. The van der Waals surface area contributed by atoms with Gasteiger partial charge in [0.25, 0.3) is 0 Å². The molecule has 106 valence electrons. The molecule has 1 saturated heterocycles. The molecule has 4 heteroatoms. The summed E-state index contributed by atoms with van der Waals surface area (Å²) in [6.45, 7) is 11.2. The molecule has 1 aliphatic rings. The monoisotopic (exact) mass is 255 g/mol. The van der Waals surface area contributed by atoms with Crippen LogP contribution in [0.1, 0.15) is 40.0 Å². The fraction of sp³-hybridized carbons (Fsp3) is 0.929. The van der Waals surface area contributed by atoms with Gasteiger partial charge in [-0.3, -0.25) is 9.69 Å². The van der Waals surface area contributed by atoms with Crippen LogP contribution in [0, 0.1) is 5.92 Å². The van der Waals surface area contributed by atoms with Crippen molar-refractivity contribution < 1.29 is 4.79 Å². The average molecular weight is 255 g/mol. The van der Waals surface area contributed by atoms with E-state index in [2.05, 4.69) is 36.3 Å². The summed E-state index contributed by atoms with van der Waals surface area (Å²) in [7, 11) is 0. The first-order valence-corrected chi connectivity index (χ1v) is 7.38. The molecule has 4 nitrogen and oxygen atoms in total. The molecular weight excluding hydrogens is 226 g/mol. The molecule has 1 aliphatic heterocycles. The fourth-order valence-electron chi connectivity index (χ4n) is 2.32. The van der Waals surface area contributed by atoms with Crippen molar-refractivity contribution in [1.29, 1.82) is 0 Å². The van der Waals surface area contributed by atoms with Crippen LogP contribution in [-0.2, 0) is 4.79 Å². The molecule has 1 amide bonds. The molecule has 0 spiro atoms. The van der Waals surface area contributed by atoms with E-state index >= 15 is 0 Å². The van der Waals surface area contributed by atoms with E-state index in [1.807, 2.05) is 0 Å². The molecule has 0 aromatic heterocycles. The summed E-state index contributed by atoms with van der Waals surface area (Å²) in [5, 5.41) is 6.44. The number of rotatable bonds is 7. The van der Waals surface area contributed by atoms with Crippen molar-refractivity contribution in [2.24, 2.45) is 5.92 Å².